The summed E-state index contributed by atoms with van der Waals surface area (Å²) in [6, 6.07) is 0.569. The molecule has 1 aliphatic heterocycles. The number of aliphatic hydroxyl groups is 2. The highest BCUT2D eigenvalue weighted by Gasteiger charge is 2.22. The van der Waals surface area contributed by atoms with Crippen molar-refractivity contribution in [1.82, 2.24) is 4.90 Å². The predicted molar refractivity (Wildman–Crippen MR) is 48.0 cm³/mol. The highest BCUT2D eigenvalue weighted by Crippen LogP contribution is 2.16. The molecule has 0 saturated carbocycles. The van der Waals surface area contributed by atoms with Crippen LogP contribution >= 0.6 is 0 Å². The van der Waals surface area contributed by atoms with Gasteiger partial charge in [0.1, 0.15) is 0 Å². The number of hydrogen-bond donors (Lipinski definition) is 2. The van der Waals surface area contributed by atoms with Gasteiger partial charge in [-0.1, -0.05) is 0 Å². The molecule has 0 aromatic rings. The largest absolute Gasteiger partial charge is 0.396 e. The first kappa shape index (κ1) is 9.96. The molecule has 1 heterocycles. The van der Waals surface area contributed by atoms with E-state index in [9.17, 15) is 5.11 Å². The summed E-state index contributed by atoms with van der Waals surface area (Å²) < 4.78 is 0. The van der Waals surface area contributed by atoms with Gasteiger partial charge in [-0.2, -0.15) is 0 Å². The van der Waals surface area contributed by atoms with E-state index in [0.717, 1.165) is 32.4 Å². The lowest BCUT2D eigenvalue weighted by molar-refractivity contribution is 0.0378. The Hall–Kier alpha value is -0.120. The molecule has 0 amide bonds. The third-order valence-electron chi connectivity index (χ3n) is 2.59. The summed E-state index contributed by atoms with van der Waals surface area (Å²) >= 11 is 0. The van der Waals surface area contributed by atoms with Crippen molar-refractivity contribution in [3.63, 3.8) is 0 Å². The lowest BCUT2D eigenvalue weighted by atomic mass is 10.0. The van der Waals surface area contributed by atoms with Gasteiger partial charge >= 0.3 is 0 Å². The van der Waals surface area contributed by atoms with Gasteiger partial charge < -0.3 is 10.2 Å². The summed E-state index contributed by atoms with van der Waals surface area (Å²) in [5.74, 6) is 0. The molecule has 0 aliphatic carbocycles. The van der Waals surface area contributed by atoms with Crippen molar-refractivity contribution in [1.29, 1.82) is 0 Å². The number of nitrogens with zero attached hydrogens (tertiary/aromatic N) is 1. The zero-order valence-electron chi connectivity index (χ0n) is 7.74. The molecule has 3 nitrogen and oxygen atoms in total. The van der Waals surface area contributed by atoms with Crippen LogP contribution in [0.25, 0.3) is 0 Å². The Morgan fingerprint density at radius 1 is 1.42 bits per heavy atom. The fourth-order valence-corrected chi connectivity index (χ4v) is 1.74. The van der Waals surface area contributed by atoms with E-state index in [2.05, 4.69) is 11.8 Å². The maximum atomic E-state index is 9.39. The molecule has 1 aliphatic rings. The molecule has 72 valence electrons. The molecule has 12 heavy (non-hydrogen) atoms. The van der Waals surface area contributed by atoms with Gasteiger partial charge in [-0.3, -0.25) is 4.90 Å². The Morgan fingerprint density at radius 3 is 2.83 bits per heavy atom. The number of piperidine rings is 1. The molecule has 2 unspecified atom stereocenters. The molecule has 1 rings (SSSR count). The van der Waals surface area contributed by atoms with Crippen LogP contribution in [0.5, 0.6) is 0 Å². The summed E-state index contributed by atoms with van der Waals surface area (Å²) in [5, 5.41) is 18.1. The minimum atomic E-state index is -0.153. The fraction of sp³-hybridized carbons (Fsp3) is 1.00. The Balaban J connectivity index is 2.28. The topological polar surface area (TPSA) is 43.7 Å². The number of hydrogen-bond acceptors (Lipinski definition) is 3. The summed E-state index contributed by atoms with van der Waals surface area (Å²) in [6.07, 6.45) is 2.67. The van der Waals surface area contributed by atoms with Crippen LogP contribution in [0.1, 0.15) is 26.2 Å². The summed E-state index contributed by atoms with van der Waals surface area (Å²) in [4.78, 5) is 2.25. The third kappa shape index (κ3) is 2.73. The van der Waals surface area contributed by atoms with Crippen molar-refractivity contribution in [3.8, 4) is 0 Å². The molecule has 1 fully saturated rings. The highest BCUT2D eigenvalue weighted by atomic mass is 16.3. The summed E-state index contributed by atoms with van der Waals surface area (Å²) in [6.45, 7) is 4.12. The lowest BCUT2D eigenvalue weighted by Gasteiger charge is -2.35. The van der Waals surface area contributed by atoms with Crippen LogP contribution in [0.3, 0.4) is 0 Å². The molecular weight excluding hydrogens is 154 g/mol. The molecule has 0 spiro atoms. The average Bonchev–Trinajstić information content (AvgIpc) is 2.07. The smallest absolute Gasteiger partial charge is 0.0667 e. The molecule has 0 bridgehead atoms. The van der Waals surface area contributed by atoms with Gasteiger partial charge in [-0.25, -0.2) is 0 Å². The van der Waals surface area contributed by atoms with E-state index in [4.69, 9.17) is 5.11 Å². The SMILES string of the molecule is CC1CCC(O)CN1CCCO. The van der Waals surface area contributed by atoms with E-state index in [0.29, 0.717) is 6.04 Å². The van der Waals surface area contributed by atoms with E-state index >= 15 is 0 Å². The Kier molecular flexibility index (Phi) is 3.98. The van der Waals surface area contributed by atoms with E-state index < -0.39 is 0 Å². The first-order valence-electron chi connectivity index (χ1n) is 4.77. The highest BCUT2D eigenvalue weighted by molar-refractivity contribution is 4.77. The monoisotopic (exact) mass is 173 g/mol. The maximum absolute atomic E-state index is 9.39. The first-order chi connectivity index (χ1) is 5.74. The number of aliphatic hydroxyl groups excluding tert-OH is 2. The second-order valence-corrected chi connectivity index (χ2v) is 3.65. The standard InChI is InChI=1S/C9H19NO2/c1-8-3-4-9(12)7-10(8)5-2-6-11/h8-9,11-12H,2-7H2,1H3. The molecular formula is C9H19NO2. The van der Waals surface area contributed by atoms with E-state index in [-0.39, 0.29) is 12.7 Å². The van der Waals surface area contributed by atoms with Crippen molar-refractivity contribution in [2.75, 3.05) is 19.7 Å². The number of likely N-dealkylation sites (tertiary alicyclic amines) is 1. The van der Waals surface area contributed by atoms with Crippen molar-refractivity contribution in [2.24, 2.45) is 0 Å². The Labute approximate surface area is 74.0 Å². The van der Waals surface area contributed by atoms with Crippen LogP contribution in [0.2, 0.25) is 0 Å². The van der Waals surface area contributed by atoms with Gasteiger partial charge in [-0.15, -0.1) is 0 Å². The van der Waals surface area contributed by atoms with Gasteiger partial charge in [0.2, 0.25) is 0 Å². The van der Waals surface area contributed by atoms with E-state index in [1.165, 1.54) is 0 Å². The normalized spacial score (nSPS) is 32.2. The van der Waals surface area contributed by atoms with Crippen LogP contribution in [-0.2, 0) is 0 Å². The van der Waals surface area contributed by atoms with E-state index in [1.54, 1.807) is 0 Å². The molecule has 0 aromatic carbocycles. The second-order valence-electron chi connectivity index (χ2n) is 3.65. The minimum absolute atomic E-state index is 0.153. The van der Waals surface area contributed by atoms with Gasteiger partial charge in [0.15, 0.2) is 0 Å². The van der Waals surface area contributed by atoms with Gasteiger partial charge in [0.05, 0.1) is 6.10 Å². The Bertz CT molecular complexity index is 130. The fourth-order valence-electron chi connectivity index (χ4n) is 1.74. The van der Waals surface area contributed by atoms with Crippen molar-refractivity contribution in [2.45, 2.75) is 38.3 Å². The first-order valence-corrected chi connectivity index (χ1v) is 4.77. The van der Waals surface area contributed by atoms with Crippen molar-refractivity contribution >= 4 is 0 Å². The predicted octanol–water partition coefficient (Wildman–Crippen LogP) is 0.214. The van der Waals surface area contributed by atoms with Gasteiger partial charge in [0, 0.05) is 25.7 Å². The quantitative estimate of drug-likeness (QED) is 0.641. The average molecular weight is 173 g/mol. The molecule has 2 N–H and O–H groups in total. The third-order valence-corrected chi connectivity index (χ3v) is 2.59. The van der Waals surface area contributed by atoms with Crippen molar-refractivity contribution < 1.29 is 10.2 Å². The molecule has 3 heteroatoms. The number of β-amino-alcohol motifs (C(OH)–C–C–N with tert-alkyl or cyclic N) is 1. The molecule has 0 radical (unpaired) electrons. The maximum Gasteiger partial charge on any atom is 0.0667 e. The summed E-state index contributed by atoms with van der Waals surface area (Å²) in [5.41, 5.74) is 0. The minimum Gasteiger partial charge on any atom is -0.396 e. The number of rotatable bonds is 3. The van der Waals surface area contributed by atoms with Crippen LogP contribution in [-0.4, -0.2) is 47.0 Å². The zero-order chi connectivity index (χ0) is 8.97. The van der Waals surface area contributed by atoms with Crippen LogP contribution in [0.15, 0.2) is 0 Å². The van der Waals surface area contributed by atoms with Gasteiger partial charge in [0.25, 0.3) is 0 Å². The molecule has 2 atom stereocenters. The summed E-state index contributed by atoms with van der Waals surface area (Å²) in [7, 11) is 0. The van der Waals surface area contributed by atoms with Crippen LogP contribution < -0.4 is 0 Å². The van der Waals surface area contributed by atoms with Gasteiger partial charge in [-0.05, 0) is 26.2 Å². The van der Waals surface area contributed by atoms with Crippen LogP contribution in [0, 0.1) is 0 Å². The van der Waals surface area contributed by atoms with Crippen LogP contribution in [0.4, 0.5) is 0 Å². The second kappa shape index (κ2) is 4.80. The lowest BCUT2D eigenvalue weighted by Crippen LogP contribution is -2.44. The zero-order valence-corrected chi connectivity index (χ0v) is 7.74. The molecule has 1 saturated heterocycles. The molecule has 0 aromatic heterocycles. The van der Waals surface area contributed by atoms with Crippen molar-refractivity contribution in [3.05, 3.63) is 0 Å². The Morgan fingerprint density at radius 2 is 2.17 bits per heavy atom. The van der Waals surface area contributed by atoms with E-state index in [1.807, 2.05) is 0 Å².